The second-order valence-electron chi connectivity index (χ2n) is 5.99. The van der Waals surface area contributed by atoms with Crippen LogP contribution >= 0.6 is 12.4 Å². The van der Waals surface area contributed by atoms with Gasteiger partial charge < -0.3 is 9.64 Å². The van der Waals surface area contributed by atoms with Crippen molar-refractivity contribution in [1.82, 2.24) is 4.90 Å². The second kappa shape index (κ2) is 7.66. The summed E-state index contributed by atoms with van der Waals surface area (Å²) in [6.07, 6.45) is 1.33. The third-order valence-corrected chi connectivity index (χ3v) is 4.35. The van der Waals surface area contributed by atoms with E-state index in [0.717, 1.165) is 25.3 Å². The van der Waals surface area contributed by atoms with Gasteiger partial charge in [0.15, 0.2) is 0 Å². The molecule has 1 aliphatic rings. The predicted molar refractivity (Wildman–Crippen MR) is 94.1 cm³/mol. The van der Waals surface area contributed by atoms with Gasteiger partial charge in [-0.25, -0.2) is 0 Å². The van der Waals surface area contributed by atoms with E-state index in [0.29, 0.717) is 5.92 Å². The third kappa shape index (κ3) is 3.82. The first-order chi connectivity index (χ1) is 10.2. The zero-order valence-electron chi connectivity index (χ0n) is 13.2. The van der Waals surface area contributed by atoms with Crippen LogP contribution in [0.25, 0.3) is 0 Å². The molecule has 2 nitrogen and oxygen atoms in total. The molecule has 0 amide bonds. The molecule has 1 aliphatic heterocycles. The molecule has 2 aromatic rings. The molecule has 2 aromatic carbocycles. The SMILES string of the molecule is Cc1ccccc1O[C@@H]1CCN(C)C[C@H]1c1ccccc1.Cl. The van der Waals surface area contributed by atoms with Gasteiger partial charge in [0.05, 0.1) is 0 Å². The summed E-state index contributed by atoms with van der Waals surface area (Å²) < 4.78 is 6.37. The lowest BCUT2D eigenvalue weighted by Crippen LogP contribution is -2.42. The molecule has 0 spiro atoms. The molecule has 3 heteroatoms. The zero-order chi connectivity index (χ0) is 14.7. The highest BCUT2D eigenvalue weighted by atomic mass is 35.5. The van der Waals surface area contributed by atoms with E-state index in [1.807, 2.05) is 0 Å². The molecule has 2 atom stereocenters. The van der Waals surface area contributed by atoms with Crippen molar-refractivity contribution >= 4 is 12.4 Å². The van der Waals surface area contributed by atoms with Gasteiger partial charge in [0.1, 0.15) is 11.9 Å². The third-order valence-electron chi connectivity index (χ3n) is 4.35. The van der Waals surface area contributed by atoms with E-state index in [9.17, 15) is 0 Å². The number of para-hydroxylation sites is 1. The van der Waals surface area contributed by atoms with Crippen molar-refractivity contribution in [2.24, 2.45) is 0 Å². The minimum Gasteiger partial charge on any atom is -0.489 e. The van der Waals surface area contributed by atoms with E-state index >= 15 is 0 Å². The number of halogens is 1. The molecule has 3 rings (SSSR count). The van der Waals surface area contributed by atoms with Gasteiger partial charge in [-0.15, -0.1) is 12.4 Å². The number of ether oxygens (including phenoxy) is 1. The smallest absolute Gasteiger partial charge is 0.122 e. The summed E-state index contributed by atoms with van der Waals surface area (Å²) in [5.41, 5.74) is 2.59. The van der Waals surface area contributed by atoms with E-state index in [1.165, 1.54) is 11.1 Å². The molecule has 1 saturated heterocycles. The average Bonchev–Trinajstić information content (AvgIpc) is 2.52. The molecule has 22 heavy (non-hydrogen) atoms. The summed E-state index contributed by atoms with van der Waals surface area (Å²) in [5.74, 6) is 1.46. The Kier molecular flexibility index (Phi) is 5.87. The van der Waals surface area contributed by atoms with Crippen LogP contribution < -0.4 is 4.74 Å². The van der Waals surface area contributed by atoms with Crippen molar-refractivity contribution < 1.29 is 4.74 Å². The number of nitrogens with zero attached hydrogens (tertiary/aromatic N) is 1. The van der Waals surface area contributed by atoms with Gasteiger partial charge in [0.2, 0.25) is 0 Å². The number of piperidine rings is 1. The average molecular weight is 318 g/mol. The summed E-state index contributed by atoms with van der Waals surface area (Å²) in [4.78, 5) is 2.40. The topological polar surface area (TPSA) is 12.5 Å². The van der Waals surface area contributed by atoms with Gasteiger partial charge in [0, 0.05) is 19.0 Å². The Hall–Kier alpha value is -1.51. The van der Waals surface area contributed by atoms with Crippen LogP contribution in [0, 0.1) is 6.92 Å². The Morgan fingerprint density at radius 2 is 1.68 bits per heavy atom. The van der Waals surface area contributed by atoms with Crippen LogP contribution in [-0.2, 0) is 0 Å². The lowest BCUT2D eigenvalue weighted by atomic mass is 9.88. The normalized spacial score (nSPS) is 21.9. The van der Waals surface area contributed by atoms with E-state index < -0.39 is 0 Å². The molecule has 0 unspecified atom stereocenters. The van der Waals surface area contributed by atoms with Crippen molar-refractivity contribution in [1.29, 1.82) is 0 Å². The zero-order valence-corrected chi connectivity index (χ0v) is 14.1. The van der Waals surface area contributed by atoms with E-state index in [-0.39, 0.29) is 18.5 Å². The lowest BCUT2D eigenvalue weighted by molar-refractivity contribution is 0.0896. The number of likely N-dealkylation sites (N-methyl/N-ethyl adjacent to an activating group) is 1. The predicted octanol–water partition coefficient (Wildman–Crippen LogP) is 4.28. The Morgan fingerprint density at radius 1 is 1.00 bits per heavy atom. The van der Waals surface area contributed by atoms with Crippen molar-refractivity contribution in [2.45, 2.75) is 25.4 Å². The first-order valence-electron chi connectivity index (χ1n) is 7.70. The van der Waals surface area contributed by atoms with Gasteiger partial charge in [0.25, 0.3) is 0 Å². The Labute approximate surface area is 139 Å². The standard InChI is InChI=1S/C19H23NO.ClH/c1-15-8-6-7-11-18(15)21-19-12-13-20(2)14-17(19)16-9-4-3-5-10-16;/h3-11,17,19H,12-14H2,1-2H3;1H/t17-,19+;/m0./s1. The first-order valence-corrected chi connectivity index (χ1v) is 7.70. The largest absolute Gasteiger partial charge is 0.489 e. The summed E-state index contributed by atoms with van der Waals surface area (Å²) in [7, 11) is 2.19. The van der Waals surface area contributed by atoms with Crippen LogP contribution in [0.2, 0.25) is 0 Å². The van der Waals surface area contributed by atoms with Crippen molar-refractivity contribution in [2.75, 3.05) is 20.1 Å². The van der Waals surface area contributed by atoms with Crippen LogP contribution in [0.1, 0.15) is 23.5 Å². The first kappa shape index (κ1) is 16.9. The monoisotopic (exact) mass is 317 g/mol. The maximum atomic E-state index is 6.37. The highest BCUT2D eigenvalue weighted by molar-refractivity contribution is 5.85. The van der Waals surface area contributed by atoms with Crippen LogP contribution in [0.15, 0.2) is 54.6 Å². The molecule has 0 saturated carbocycles. The molecule has 1 heterocycles. The number of hydrogen-bond donors (Lipinski definition) is 0. The van der Waals surface area contributed by atoms with Crippen LogP contribution in [-0.4, -0.2) is 31.1 Å². The number of rotatable bonds is 3. The van der Waals surface area contributed by atoms with E-state index in [1.54, 1.807) is 0 Å². The van der Waals surface area contributed by atoms with Crippen molar-refractivity contribution in [3.63, 3.8) is 0 Å². The van der Waals surface area contributed by atoms with Crippen molar-refractivity contribution in [3.8, 4) is 5.75 Å². The van der Waals surface area contributed by atoms with Gasteiger partial charge in [-0.1, -0.05) is 48.5 Å². The van der Waals surface area contributed by atoms with E-state index in [4.69, 9.17) is 4.74 Å². The maximum Gasteiger partial charge on any atom is 0.122 e. The molecular weight excluding hydrogens is 294 g/mol. The van der Waals surface area contributed by atoms with Crippen LogP contribution in [0.4, 0.5) is 0 Å². The van der Waals surface area contributed by atoms with Crippen molar-refractivity contribution in [3.05, 3.63) is 65.7 Å². The van der Waals surface area contributed by atoms with Crippen LogP contribution in [0.5, 0.6) is 5.75 Å². The number of hydrogen-bond acceptors (Lipinski definition) is 2. The second-order valence-corrected chi connectivity index (χ2v) is 5.99. The molecule has 0 N–H and O–H groups in total. The summed E-state index contributed by atoms with van der Waals surface area (Å²) in [6, 6.07) is 19.1. The van der Waals surface area contributed by atoms with Gasteiger partial charge in [-0.3, -0.25) is 0 Å². The number of aryl methyl sites for hydroxylation is 1. The highest BCUT2D eigenvalue weighted by Gasteiger charge is 2.30. The fourth-order valence-electron chi connectivity index (χ4n) is 3.11. The fraction of sp³-hybridized carbons (Fsp3) is 0.368. The summed E-state index contributed by atoms with van der Waals surface area (Å²) >= 11 is 0. The molecule has 0 aliphatic carbocycles. The summed E-state index contributed by atoms with van der Waals surface area (Å²) in [5, 5.41) is 0. The molecule has 0 radical (unpaired) electrons. The van der Waals surface area contributed by atoms with Gasteiger partial charge in [-0.2, -0.15) is 0 Å². The summed E-state index contributed by atoms with van der Waals surface area (Å²) in [6.45, 7) is 4.27. The van der Waals surface area contributed by atoms with Gasteiger partial charge in [-0.05, 0) is 37.6 Å². The van der Waals surface area contributed by atoms with Crippen LogP contribution in [0.3, 0.4) is 0 Å². The number of benzene rings is 2. The number of likely N-dealkylation sites (tertiary alicyclic amines) is 1. The highest BCUT2D eigenvalue weighted by Crippen LogP contribution is 2.31. The minimum absolute atomic E-state index is 0. The Morgan fingerprint density at radius 3 is 2.41 bits per heavy atom. The van der Waals surface area contributed by atoms with Gasteiger partial charge >= 0.3 is 0 Å². The molecular formula is C19H24ClNO. The Bertz CT molecular complexity index is 587. The Balaban J connectivity index is 0.00000176. The molecule has 1 fully saturated rings. The maximum absolute atomic E-state index is 6.37. The lowest BCUT2D eigenvalue weighted by Gasteiger charge is -2.37. The quantitative estimate of drug-likeness (QED) is 0.837. The fourth-order valence-corrected chi connectivity index (χ4v) is 3.11. The van der Waals surface area contributed by atoms with E-state index in [2.05, 4.69) is 73.5 Å². The molecule has 0 aromatic heterocycles. The molecule has 0 bridgehead atoms. The minimum atomic E-state index is 0. The molecule has 118 valence electrons.